The van der Waals surface area contributed by atoms with Gasteiger partial charge < -0.3 is 19.4 Å². The van der Waals surface area contributed by atoms with Crippen molar-refractivity contribution >= 4 is 11.8 Å². The molecule has 0 bridgehead atoms. The van der Waals surface area contributed by atoms with Crippen molar-refractivity contribution in [3.63, 3.8) is 0 Å². The van der Waals surface area contributed by atoms with Crippen LogP contribution < -0.4 is 4.90 Å². The third-order valence-electron chi connectivity index (χ3n) is 4.38. The van der Waals surface area contributed by atoms with Crippen LogP contribution >= 0.6 is 0 Å². The Morgan fingerprint density at radius 2 is 2.05 bits per heavy atom. The van der Waals surface area contributed by atoms with Crippen LogP contribution in [0.2, 0.25) is 0 Å². The van der Waals surface area contributed by atoms with Crippen molar-refractivity contribution in [1.82, 2.24) is 14.8 Å². The van der Waals surface area contributed by atoms with Crippen LogP contribution in [0.1, 0.15) is 18.4 Å². The molecule has 1 aromatic heterocycles. The average molecular weight is 304 g/mol. The van der Waals surface area contributed by atoms with Crippen LogP contribution in [-0.4, -0.2) is 67.3 Å². The number of pyridine rings is 1. The Kier molecular flexibility index (Phi) is 4.77. The van der Waals surface area contributed by atoms with E-state index in [2.05, 4.69) is 16.0 Å². The van der Waals surface area contributed by atoms with Crippen molar-refractivity contribution in [2.75, 3.05) is 51.3 Å². The quantitative estimate of drug-likeness (QED) is 0.850. The van der Waals surface area contributed by atoms with Crippen molar-refractivity contribution < 1.29 is 9.53 Å². The molecule has 2 amide bonds. The van der Waals surface area contributed by atoms with E-state index >= 15 is 0 Å². The lowest BCUT2D eigenvalue weighted by Gasteiger charge is -2.27. The lowest BCUT2D eigenvalue weighted by molar-refractivity contribution is 0.161. The number of ether oxygens (including phenoxy) is 1. The second kappa shape index (κ2) is 6.96. The van der Waals surface area contributed by atoms with E-state index in [1.54, 1.807) is 7.11 Å². The number of fused-ring (bicyclic) bond motifs is 1. The molecule has 1 fully saturated rings. The van der Waals surface area contributed by atoms with Crippen LogP contribution in [0.5, 0.6) is 0 Å². The molecule has 2 aliphatic rings. The summed E-state index contributed by atoms with van der Waals surface area (Å²) in [4.78, 5) is 23.3. The molecular weight excluding hydrogens is 280 g/mol. The third kappa shape index (κ3) is 3.16. The van der Waals surface area contributed by atoms with Crippen LogP contribution in [0.15, 0.2) is 18.3 Å². The largest absolute Gasteiger partial charge is 0.383 e. The van der Waals surface area contributed by atoms with Crippen molar-refractivity contribution in [1.29, 1.82) is 0 Å². The molecule has 3 heterocycles. The minimum absolute atomic E-state index is 0.167. The highest BCUT2D eigenvalue weighted by molar-refractivity contribution is 5.75. The molecule has 2 aliphatic heterocycles. The van der Waals surface area contributed by atoms with Crippen molar-refractivity contribution in [3.05, 3.63) is 23.9 Å². The maximum absolute atomic E-state index is 12.7. The monoisotopic (exact) mass is 304 g/mol. The molecule has 6 heteroatoms. The van der Waals surface area contributed by atoms with Gasteiger partial charge in [0.2, 0.25) is 0 Å². The number of likely N-dealkylation sites (tertiary alicyclic amines) is 1. The number of urea groups is 1. The van der Waals surface area contributed by atoms with Gasteiger partial charge in [-0.3, -0.25) is 0 Å². The van der Waals surface area contributed by atoms with Crippen LogP contribution in [0.3, 0.4) is 0 Å². The lowest BCUT2D eigenvalue weighted by atomic mass is 10.2. The number of anilines is 1. The summed E-state index contributed by atoms with van der Waals surface area (Å²) in [7, 11) is 1.71. The van der Waals surface area contributed by atoms with Crippen LogP contribution in [0, 0.1) is 0 Å². The SMILES string of the molecule is COCCN1CCN(C(=O)N2CCCC2)Cc2cccnc21. The summed E-state index contributed by atoms with van der Waals surface area (Å²) in [5.41, 5.74) is 1.11. The Hall–Kier alpha value is -1.82. The van der Waals surface area contributed by atoms with Crippen molar-refractivity contribution in [2.24, 2.45) is 0 Å². The fourth-order valence-electron chi connectivity index (χ4n) is 3.16. The Labute approximate surface area is 131 Å². The molecule has 1 aromatic rings. The zero-order valence-corrected chi connectivity index (χ0v) is 13.2. The minimum Gasteiger partial charge on any atom is -0.383 e. The van der Waals surface area contributed by atoms with Gasteiger partial charge in [0.05, 0.1) is 13.2 Å². The van der Waals surface area contributed by atoms with Gasteiger partial charge in [-0.2, -0.15) is 0 Å². The van der Waals surface area contributed by atoms with E-state index in [0.29, 0.717) is 13.2 Å². The summed E-state index contributed by atoms with van der Waals surface area (Å²) in [6.45, 7) is 5.41. The maximum atomic E-state index is 12.7. The Morgan fingerprint density at radius 1 is 1.23 bits per heavy atom. The number of amides is 2. The zero-order chi connectivity index (χ0) is 15.4. The van der Waals surface area contributed by atoms with E-state index < -0.39 is 0 Å². The van der Waals surface area contributed by atoms with Gasteiger partial charge in [0.15, 0.2) is 0 Å². The number of nitrogens with zero attached hydrogens (tertiary/aromatic N) is 4. The summed E-state index contributed by atoms with van der Waals surface area (Å²) in [5.74, 6) is 0.983. The van der Waals surface area contributed by atoms with Crippen molar-refractivity contribution in [2.45, 2.75) is 19.4 Å². The van der Waals surface area contributed by atoms with Crippen LogP contribution in [-0.2, 0) is 11.3 Å². The first kappa shape index (κ1) is 15.1. The molecular formula is C16H24N4O2. The number of hydrogen-bond donors (Lipinski definition) is 0. The molecule has 6 nitrogen and oxygen atoms in total. The second-order valence-corrected chi connectivity index (χ2v) is 5.86. The van der Waals surface area contributed by atoms with E-state index in [4.69, 9.17) is 4.74 Å². The van der Waals surface area contributed by atoms with E-state index in [9.17, 15) is 4.79 Å². The number of hydrogen-bond acceptors (Lipinski definition) is 4. The Balaban J connectivity index is 1.77. The Morgan fingerprint density at radius 3 is 2.82 bits per heavy atom. The van der Waals surface area contributed by atoms with Gasteiger partial charge in [-0.25, -0.2) is 9.78 Å². The summed E-state index contributed by atoms with van der Waals surface area (Å²) >= 11 is 0. The van der Waals surface area contributed by atoms with Crippen molar-refractivity contribution in [3.8, 4) is 0 Å². The molecule has 0 spiro atoms. The minimum atomic E-state index is 0.167. The first-order valence-corrected chi connectivity index (χ1v) is 8.01. The normalized spacial score (nSPS) is 18.3. The van der Waals surface area contributed by atoms with Gasteiger partial charge in [0, 0.05) is 51.6 Å². The van der Waals surface area contributed by atoms with E-state index in [1.165, 1.54) is 0 Å². The zero-order valence-electron chi connectivity index (χ0n) is 13.2. The predicted octanol–water partition coefficient (Wildman–Crippen LogP) is 1.57. The molecule has 0 N–H and O–H groups in total. The molecule has 0 atom stereocenters. The number of rotatable bonds is 3. The molecule has 3 rings (SSSR count). The second-order valence-electron chi connectivity index (χ2n) is 5.86. The fourth-order valence-corrected chi connectivity index (χ4v) is 3.16. The number of carbonyl (C=O) groups is 1. The molecule has 0 aliphatic carbocycles. The van der Waals surface area contributed by atoms with Gasteiger partial charge in [0.1, 0.15) is 5.82 Å². The number of carbonyl (C=O) groups excluding carboxylic acids is 1. The lowest BCUT2D eigenvalue weighted by Crippen LogP contribution is -2.43. The topological polar surface area (TPSA) is 48.9 Å². The number of aromatic nitrogens is 1. The highest BCUT2D eigenvalue weighted by Gasteiger charge is 2.27. The highest BCUT2D eigenvalue weighted by Crippen LogP contribution is 2.23. The van der Waals surface area contributed by atoms with E-state index in [0.717, 1.165) is 56.9 Å². The van der Waals surface area contributed by atoms with Gasteiger partial charge in [-0.05, 0) is 18.9 Å². The molecule has 1 saturated heterocycles. The first-order valence-electron chi connectivity index (χ1n) is 8.01. The van der Waals surface area contributed by atoms with Gasteiger partial charge >= 0.3 is 6.03 Å². The van der Waals surface area contributed by atoms with Crippen LogP contribution in [0.25, 0.3) is 0 Å². The van der Waals surface area contributed by atoms with E-state index in [-0.39, 0.29) is 6.03 Å². The average Bonchev–Trinajstić information content (AvgIpc) is 3.01. The highest BCUT2D eigenvalue weighted by atomic mass is 16.5. The fraction of sp³-hybridized carbons (Fsp3) is 0.625. The maximum Gasteiger partial charge on any atom is 0.320 e. The molecule has 0 saturated carbocycles. The molecule has 22 heavy (non-hydrogen) atoms. The smallest absolute Gasteiger partial charge is 0.320 e. The first-order chi connectivity index (χ1) is 10.8. The molecule has 0 radical (unpaired) electrons. The molecule has 0 aromatic carbocycles. The van der Waals surface area contributed by atoms with Gasteiger partial charge in [-0.15, -0.1) is 0 Å². The number of methoxy groups -OCH3 is 1. The molecule has 120 valence electrons. The molecule has 0 unspecified atom stereocenters. The Bertz CT molecular complexity index is 517. The van der Waals surface area contributed by atoms with Gasteiger partial charge in [0.25, 0.3) is 0 Å². The van der Waals surface area contributed by atoms with Gasteiger partial charge in [-0.1, -0.05) is 6.07 Å². The summed E-state index contributed by atoms with van der Waals surface area (Å²) < 4.78 is 5.20. The summed E-state index contributed by atoms with van der Waals surface area (Å²) in [5, 5.41) is 0. The van der Waals surface area contributed by atoms with E-state index in [1.807, 2.05) is 22.1 Å². The standard InChI is InChI=1S/C16H24N4O2/c1-22-12-11-18-9-10-20(16(21)19-7-2-3-8-19)13-14-5-4-6-17-15(14)18/h4-6H,2-3,7-13H2,1H3. The predicted molar refractivity (Wildman–Crippen MR) is 84.9 cm³/mol. The van der Waals surface area contributed by atoms with Crippen LogP contribution in [0.4, 0.5) is 10.6 Å². The third-order valence-corrected chi connectivity index (χ3v) is 4.38. The summed E-state index contributed by atoms with van der Waals surface area (Å²) in [6, 6.07) is 4.18. The summed E-state index contributed by atoms with van der Waals surface area (Å²) in [6.07, 6.45) is 4.06.